The Morgan fingerprint density at radius 2 is 1.22 bits per heavy atom. The Balaban J connectivity index is 0.965. The number of hydrogen-bond donors (Lipinski definition) is 0. The first-order valence-electron chi connectivity index (χ1n) is 19.5. The minimum atomic E-state index is -0.0269. The lowest BCUT2D eigenvalue weighted by atomic mass is 9.76. The van der Waals surface area contributed by atoms with Gasteiger partial charge in [0.05, 0.1) is 5.69 Å². The lowest BCUT2D eigenvalue weighted by Gasteiger charge is -2.27. The minimum absolute atomic E-state index is 0.0113. The number of fused-ring (bicyclic) bond motifs is 8. The molecule has 264 valence electrons. The van der Waals surface area contributed by atoms with Crippen molar-refractivity contribution in [2.24, 2.45) is 0 Å². The molecule has 0 fully saturated rings. The molecule has 11 rings (SSSR count). The van der Waals surface area contributed by atoms with Gasteiger partial charge < -0.3 is 0 Å². The molecule has 2 nitrogen and oxygen atoms in total. The first kappa shape index (κ1) is 32.5. The molecule has 0 N–H and O–H groups in total. The number of allylic oxidation sites excluding steroid dienone is 4. The van der Waals surface area contributed by atoms with Crippen molar-refractivity contribution < 1.29 is 0 Å². The van der Waals surface area contributed by atoms with Gasteiger partial charge in [-0.05, 0) is 98.3 Å². The van der Waals surface area contributed by atoms with E-state index in [0.29, 0.717) is 0 Å². The van der Waals surface area contributed by atoms with Crippen LogP contribution in [-0.2, 0) is 10.8 Å². The third-order valence-electron chi connectivity index (χ3n) is 12.7. The first-order chi connectivity index (χ1) is 26.8. The average molecular weight is 725 g/mol. The molecule has 55 heavy (non-hydrogen) atoms. The van der Waals surface area contributed by atoms with Gasteiger partial charge in [0.25, 0.3) is 0 Å². The summed E-state index contributed by atoms with van der Waals surface area (Å²) in [4.78, 5) is 11.5. The molecule has 0 saturated carbocycles. The summed E-state index contributed by atoms with van der Waals surface area (Å²) in [5.74, 6) is 0.753. The maximum Gasteiger partial charge on any atom is 0.161 e. The van der Waals surface area contributed by atoms with E-state index in [-0.39, 0.29) is 10.8 Å². The molecule has 8 aromatic rings. The molecule has 0 unspecified atom stereocenters. The summed E-state index contributed by atoms with van der Waals surface area (Å²) in [6.07, 6.45) is 4.66. The molecule has 6 aromatic carbocycles. The van der Waals surface area contributed by atoms with Crippen molar-refractivity contribution in [1.29, 1.82) is 0 Å². The second-order valence-corrected chi connectivity index (χ2v) is 17.5. The van der Waals surface area contributed by atoms with E-state index >= 15 is 0 Å². The molecule has 2 aromatic heterocycles. The highest BCUT2D eigenvalue weighted by molar-refractivity contribution is 7.25. The zero-order valence-electron chi connectivity index (χ0n) is 31.6. The second-order valence-electron chi connectivity index (χ2n) is 16.4. The molecule has 2 heterocycles. The quantitative estimate of drug-likeness (QED) is 0.181. The van der Waals surface area contributed by atoms with Crippen LogP contribution >= 0.6 is 11.3 Å². The van der Waals surface area contributed by atoms with Gasteiger partial charge in [-0.1, -0.05) is 155 Å². The van der Waals surface area contributed by atoms with E-state index in [4.69, 9.17) is 9.97 Å². The van der Waals surface area contributed by atoms with Gasteiger partial charge in [-0.25, -0.2) is 9.97 Å². The molecule has 0 radical (unpaired) electrons. The van der Waals surface area contributed by atoms with Gasteiger partial charge in [-0.3, -0.25) is 0 Å². The number of hydrogen-bond acceptors (Lipinski definition) is 3. The van der Waals surface area contributed by atoms with E-state index in [0.717, 1.165) is 51.3 Å². The number of aromatic nitrogens is 2. The van der Waals surface area contributed by atoms with Crippen molar-refractivity contribution in [3.05, 3.63) is 179 Å². The topological polar surface area (TPSA) is 25.8 Å². The standard InChI is InChI=1S/C52H40N2S/c1-51(2)41-21-10-8-18-37(41)39-29-44-40(30-43(39)51)46-36(20-13-22-42(46)52(44,3)4)32-26-24-31(25-27-32)34-16-12-17-35(28-34)49-53-48(33-14-6-5-7-15-33)47-38-19-9-11-23-45(38)55-50(47)54-49/h5-12,14-21,23-30H,13,22H2,1-4H3. The van der Waals surface area contributed by atoms with Crippen molar-refractivity contribution >= 4 is 42.8 Å². The summed E-state index contributed by atoms with van der Waals surface area (Å²) in [7, 11) is 0. The fourth-order valence-electron chi connectivity index (χ4n) is 9.82. The van der Waals surface area contributed by atoms with Crippen molar-refractivity contribution in [3.63, 3.8) is 0 Å². The van der Waals surface area contributed by atoms with Crippen molar-refractivity contribution in [3.8, 4) is 44.9 Å². The van der Waals surface area contributed by atoms with Crippen LogP contribution in [0.15, 0.2) is 151 Å². The van der Waals surface area contributed by atoms with Crippen LogP contribution in [0.25, 0.3) is 76.3 Å². The predicted molar refractivity (Wildman–Crippen MR) is 232 cm³/mol. The molecular formula is C52H40N2S. The molecule has 0 saturated heterocycles. The monoisotopic (exact) mass is 724 g/mol. The largest absolute Gasteiger partial charge is 0.227 e. The van der Waals surface area contributed by atoms with E-state index < -0.39 is 0 Å². The second kappa shape index (κ2) is 11.8. The van der Waals surface area contributed by atoms with Crippen LogP contribution in [-0.4, -0.2) is 9.97 Å². The molecule has 0 amide bonds. The van der Waals surface area contributed by atoms with E-state index in [1.54, 1.807) is 16.9 Å². The van der Waals surface area contributed by atoms with Crippen LogP contribution in [0, 0.1) is 0 Å². The zero-order valence-corrected chi connectivity index (χ0v) is 32.4. The van der Waals surface area contributed by atoms with Crippen LogP contribution < -0.4 is 0 Å². The van der Waals surface area contributed by atoms with E-state index in [2.05, 4.69) is 173 Å². The molecule has 0 spiro atoms. The fourth-order valence-corrected chi connectivity index (χ4v) is 10.9. The summed E-state index contributed by atoms with van der Waals surface area (Å²) in [6.45, 7) is 9.66. The Bertz CT molecular complexity index is 2960. The van der Waals surface area contributed by atoms with Gasteiger partial charge >= 0.3 is 0 Å². The Morgan fingerprint density at radius 3 is 2.07 bits per heavy atom. The van der Waals surface area contributed by atoms with E-state index in [1.165, 1.54) is 65.7 Å². The van der Waals surface area contributed by atoms with Gasteiger partial charge in [0.15, 0.2) is 5.82 Å². The Hall–Kier alpha value is -5.90. The number of rotatable bonds is 4. The Kier molecular flexibility index (Phi) is 6.98. The molecular weight excluding hydrogens is 685 g/mol. The fraction of sp³-hybridized carbons (Fsp3) is 0.154. The maximum atomic E-state index is 5.26. The SMILES string of the molecule is CC1(C)C2=C(C(c3ccc(-c4cccc(-c5nc(-c6ccccc6)c6c(n5)sc5ccccc56)c4)cc3)=CCC2)c2cc3c(cc21)-c1ccccc1C3(C)C. The van der Waals surface area contributed by atoms with Gasteiger partial charge in [0.2, 0.25) is 0 Å². The van der Waals surface area contributed by atoms with E-state index in [9.17, 15) is 0 Å². The highest BCUT2D eigenvalue weighted by atomic mass is 32.1. The third-order valence-corrected chi connectivity index (χ3v) is 13.7. The zero-order chi connectivity index (χ0) is 37.1. The summed E-state index contributed by atoms with van der Waals surface area (Å²) in [6, 6.07) is 51.1. The summed E-state index contributed by atoms with van der Waals surface area (Å²) in [5.41, 5.74) is 19.7. The van der Waals surface area contributed by atoms with Gasteiger partial charge in [-0.2, -0.15) is 0 Å². The Labute approximate surface area is 326 Å². The van der Waals surface area contributed by atoms with Gasteiger partial charge in [0.1, 0.15) is 4.83 Å². The lowest BCUT2D eigenvalue weighted by molar-refractivity contribution is 0.607. The number of thiophene rings is 1. The van der Waals surface area contributed by atoms with Gasteiger partial charge in [0, 0.05) is 37.4 Å². The summed E-state index contributed by atoms with van der Waals surface area (Å²) < 4.78 is 1.23. The van der Waals surface area contributed by atoms with Crippen LogP contribution in [0.5, 0.6) is 0 Å². The van der Waals surface area contributed by atoms with Crippen LogP contribution in [0.3, 0.4) is 0 Å². The third kappa shape index (κ3) is 4.79. The first-order valence-corrected chi connectivity index (χ1v) is 20.3. The molecule has 3 heteroatoms. The molecule has 3 aliphatic rings. The number of nitrogens with zero attached hydrogens (tertiary/aromatic N) is 2. The molecule has 0 bridgehead atoms. The van der Waals surface area contributed by atoms with Crippen molar-refractivity contribution in [2.45, 2.75) is 51.4 Å². The van der Waals surface area contributed by atoms with Crippen LogP contribution in [0.4, 0.5) is 0 Å². The smallest absolute Gasteiger partial charge is 0.161 e. The Morgan fingerprint density at radius 1 is 0.527 bits per heavy atom. The molecule has 0 aliphatic heterocycles. The summed E-state index contributed by atoms with van der Waals surface area (Å²) >= 11 is 1.74. The predicted octanol–water partition coefficient (Wildman–Crippen LogP) is 14.1. The highest BCUT2D eigenvalue weighted by Crippen LogP contribution is 2.58. The maximum absolute atomic E-state index is 5.26. The molecule has 3 aliphatic carbocycles. The summed E-state index contributed by atoms with van der Waals surface area (Å²) in [5, 5.41) is 2.34. The van der Waals surface area contributed by atoms with E-state index in [1.807, 2.05) is 0 Å². The van der Waals surface area contributed by atoms with Crippen LogP contribution in [0.1, 0.15) is 68.4 Å². The van der Waals surface area contributed by atoms with Crippen LogP contribution in [0.2, 0.25) is 0 Å². The highest BCUT2D eigenvalue weighted by Gasteiger charge is 2.43. The van der Waals surface area contributed by atoms with Crippen molar-refractivity contribution in [2.75, 3.05) is 0 Å². The molecule has 0 atom stereocenters. The number of benzene rings is 6. The minimum Gasteiger partial charge on any atom is -0.227 e. The normalized spacial score (nSPS) is 16.2. The van der Waals surface area contributed by atoms with Crippen molar-refractivity contribution in [1.82, 2.24) is 9.97 Å². The lowest BCUT2D eigenvalue weighted by Crippen LogP contribution is -2.19. The van der Waals surface area contributed by atoms with Gasteiger partial charge in [-0.15, -0.1) is 11.3 Å². The average Bonchev–Trinajstić information content (AvgIpc) is 3.80.